The van der Waals surface area contributed by atoms with Crippen molar-refractivity contribution in [1.29, 1.82) is 0 Å². The first kappa shape index (κ1) is 15.3. The zero-order valence-corrected chi connectivity index (χ0v) is 14.7. The van der Waals surface area contributed by atoms with E-state index in [-0.39, 0.29) is 18.1 Å². The van der Waals surface area contributed by atoms with Crippen LogP contribution < -0.4 is 5.32 Å². The molecule has 2 aromatic heterocycles. The molecule has 2 aromatic rings. The lowest BCUT2D eigenvalue weighted by Crippen LogP contribution is -2.49. The molecule has 22 heavy (non-hydrogen) atoms. The van der Waals surface area contributed by atoms with Crippen LogP contribution in [-0.2, 0) is 0 Å². The van der Waals surface area contributed by atoms with Gasteiger partial charge in [-0.1, -0.05) is 0 Å². The van der Waals surface area contributed by atoms with Crippen LogP contribution in [0.3, 0.4) is 0 Å². The number of hydrogen-bond acceptors (Lipinski definition) is 2. The summed E-state index contributed by atoms with van der Waals surface area (Å²) < 4.78 is 2.85. The quantitative estimate of drug-likeness (QED) is 0.824. The number of piperidine rings is 1. The number of hydrogen-bond donors (Lipinski definition) is 1. The van der Waals surface area contributed by atoms with E-state index in [1.54, 1.807) is 0 Å². The van der Waals surface area contributed by atoms with Crippen LogP contribution in [0.15, 0.2) is 22.9 Å². The first-order valence-corrected chi connectivity index (χ1v) is 8.51. The Balaban J connectivity index is 1.89. The highest BCUT2D eigenvalue weighted by Crippen LogP contribution is 2.26. The van der Waals surface area contributed by atoms with Crippen LogP contribution in [0.1, 0.15) is 38.8 Å². The number of rotatable bonds is 1. The molecule has 2 amide bonds. The summed E-state index contributed by atoms with van der Waals surface area (Å²) in [5.74, 6) is 0. The molecule has 3 heterocycles. The van der Waals surface area contributed by atoms with Gasteiger partial charge in [0.15, 0.2) is 5.65 Å². The number of aromatic nitrogens is 2. The smallest absolute Gasteiger partial charge is 0.319 e. The molecule has 5 nitrogen and oxygen atoms in total. The normalized spacial score (nSPS) is 22.1. The highest BCUT2D eigenvalue weighted by molar-refractivity contribution is 9.10. The van der Waals surface area contributed by atoms with Gasteiger partial charge < -0.3 is 10.2 Å². The molecule has 2 unspecified atom stereocenters. The summed E-state index contributed by atoms with van der Waals surface area (Å²) in [5, 5.41) is 3.04. The Kier molecular flexibility index (Phi) is 4.12. The molecule has 3 rings (SSSR count). The monoisotopic (exact) mass is 364 g/mol. The number of amides is 2. The third kappa shape index (κ3) is 2.60. The third-order valence-corrected chi connectivity index (χ3v) is 5.38. The first-order valence-electron chi connectivity index (χ1n) is 7.71. The second kappa shape index (κ2) is 5.91. The third-order valence-electron chi connectivity index (χ3n) is 4.42. The number of imidazole rings is 1. The fraction of sp³-hybridized carbons (Fsp3) is 0.500. The maximum absolute atomic E-state index is 12.7. The van der Waals surface area contributed by atoms with E-state index in [2.05, 4.69) is 40.1 Å². The van der Waals surface area contributed by atoms with Crippen molar-refractivity contribution in [2.75, 3.05) is 5.32 Å². The zero-order valence-electron chi connectivity index (χ0n) is 13.1. The molecule has 1 aliphatic rings. The van der Waals surface area contributed by atoms with Gasteiger partial charge in [-0.05, 0) is 68.1 Å². The van der Waals surface area contributed by atoms with E-state index >= 15 is 0 Å². The van der Waals surface area contributed by atoms with Crippen molar-refractivity contribution in [2.24, 2.45) is 0 Å². The van der Waals surface area contributed by atoms with Crippen molar-refractivity contribution >= 4 is 33.3 Å². The van der Waals surface area contributed by atoms with Crippen molar-refractivity contribution in [3.8, 4) is 0 Å². The number of aryl methyl sites for hydroxylation is 1. The molecular formula is C16H21BrN4O. The molecule has 2 atom stereocenters. The van der Waals surface area contributed by atoms with Gasteiger partial charge in [0.2, 0.25) is 0 Å². The van der Waals surface area contributed by atoms with E-state index in [1.807, 2.05) is 34.6 Å². The molecular weight excluding hydrogens is 344 g/mol. The van der Waals surface area contributed by atoms with Crippen molar-refractivity contribution in [2.45, 2.75) is 52.1 Å². The lowest BCUT2D eigenvalue weighted by atomic mass is 9.98. The average Bonchev–Trinajstić information content (AvgIpc) is 2.76. The maximum atomic E-state index is 12.7. The summed E-state index contributed by atoms with van der Waals surface area (Å²) in [6.45, 7) is 6.18. The molecule has 6 heteroatoms. The second-order valence-corrected chi connectivity index (χ2v) is 6.82. The average molecular weight is 365 g/mol. The number of fused-ring (bicyclic) bond motifs is 1. The minimum Gasteiger partial charge on any atom is -0.319 e. The second-order valence-electron chi connectivity index (χ2n) is 6.07. The summed E-state index contributed by atoms with van der Waals surface area (Å²) in [4.78, 5) is 19.2. The van der Waals surface area contributed by atoms with Crippen LogP contribution in [-0.4, -0.2) is 32.4 Å². The van der Waals surface area contributed by atoms with Gasteiger partial charge >= 0.3 is 6.03 Å². The Bertz CT molecular complexity index is 701. The van der Waals surface area contributed by atoms with E-state index in [0.29, 0.717) is 0 Å². The number of likely N-dealkylation sites (tertiary alicyclic amines) is 1. The van der Waals surface area contributed by atoms with E-state index < -0.39 is 0 Å². The summed E-state index contributed by atoms with van der Waals surface area (Å²) in [7, 11) is 0. The Labute approximate surface area is 138 Å². The molecule has 0 radical (unpaired) electrons. The van der Waals surface area contributed by atoms with Gasteiger partial charge in [-0.3, -0.25) is 4.40 Å². The van der Waals surface area contributed by atoms with Gasteiger partial charge in [-0.25, -0.2) is 9.78 Å². The Morgan fingerprint density at radius 2 is 2.05 bits per heavy atom. The van der Waals surface area contributed by atoms with E-state index in [1.165, 1.54) is 6.42 Å². The van der Waals surface area contributed by atoms with E-state index in [0.717, 1.165) is 34.5 Å². The van der Waals surface area contributed by atoms with Crippen LogP contribution in [0.5, 0.6) is 0 Å². The number of halogens is 1. The molecule has 0 bridgehead atoms. The largest absolute Gasteiger partial charge is 0.322 e. The van der Waals surface area contributed by atoms with Crippen molar-refractivity contribution in [3.63, 3.8) is 0 Å². The minimum atomic E-state index is -0.0374. The number of anilines is 1. The number of carbonyl (C=O) groups excluding carboxylic acids is 1. The number of pyridine rings is 1. The summed E-state index contributed by atoms with van der Waals surface area (Å²) >= 11 is 3.52. The van der Waals surface area contributed by atoms with Crippen LogP contribution in [0.25, 0.3) is 5.65 Å². The fourth-order valence-corrected chi connectivity index (χ4v) is 3.63. The summed E-state index contributed by atoms with van der Waals surface area (Å²) in [5.41, 5.74) is 2.41. The molecule has 1 fully saturated rings. The number of nitrogens with one attached hydrogen (secondary N) is 1. The zero-order chi connectivity index (χ0) is 15.9. The Hall–Kier alpha value is -1.56. The molecule has 1 saturated heterocycles. The first-order chi connectivity index (χ1) is 10.5. The van der Waals surface area contributed by atoms with Gasteiger partial charge in [-0.2, -0.15) is 0 Å². The highest BCUT2D eigenvalue weighted by Gasteiger charge is 2.29. The van der Waals surface area contributed by atoms with Crippen LogP contribution in [0.2, 0.25) is 0 Å². The van der Waals surface area contributed by atoms with Crippen molar-refractivity contribution < 1.29 is 4.79 Å². The molecule has 118 valence electrons. The van der Waals surface area contributed by atoms with Crippen molar-refractivity contribution in [3.05, 3.63) is 28.6 Å². The lowest BCUT2D eigenvalue weighted by Gasteiger charge is -2.38. The fourth-order valence-electron chi connectivity index (χ4n) is 3.25. The molecule has 0 saturated carbocycles. The Morgan fingerprint density at radius 1 is 1.36 bits per heavy atom. The van der Waals surface area contributed by atoms with Crippen molar-refractivity contribution in [1.82, 2.24) is 14.3 Å². The lowest BCUT2D eigenvalue weighted by molar-refractivity contribution is 0.133. The van der Waals surface area contributed by atoms with Crippen LogP contribution in [0.4, 0.5) is 10.5 Å². The van der Waals surface area contributed by atoms with E-state index in [9.17, 15) is 4.79 Å². The molecule has 1 aliphatic heterocycles. The molecule has 0 aromatic carbocycles. The van der Waals surface area contributed by atoms with Crippen LogP contribution in [0, 0.1) is 6.92 Å². The van der Waals surface area contributed by atoms with Gasteiger partial charge in [0.25, 0.3) is 0 Å². The van der Waals surface area contributed by atoms with Crippen LogP contribution >= 0.6 is 15.9 Å². The maximum Gasteiger partial charge on any atom is 0.322 e. The predicted octanol–water partition coefficient (Wildman–Crippen LogP) is 4.20. The van der Waals surface area contributed by atoms with Gasteiger partial charge in [0.1, 0.15) is 4.60 Å². The van der Waals surface area contributed by atoms with Gasteiger partial charge in [0.05, 0.1) is 11.4 Å². The SMILES string of the molecule is Cc1nc2c(NC(=O)N3C(C)CCCC3C)cccn2c1Br. The van der Waals surface area contributed by atoms with E-state index in [4.69, 9.17) is 0 Å². The summed E-state index contributed by atoms with van der Waals surface area (Å²) in [6.07, 6.45) is 5.25. The standard InChI is InChI=1S/C16H21BrN4O/c1-10-6-4-7-11(2)21(10)16(22)19-13-8-5-9-20-14(17)12(3)18-15(13)20/h5,8-11H,4,6-7H2,1-3H3,(H,19,22). The number of urea groups is 1. The number of carbonyl (C=O) groups is 1. The highest BCUT2D eigenvalue weighted by atomic mass is 79.9. The van der Waals surface area contributed by atoms with Gasteiger partial charge in [-0.15, -0.1) is 0 Å². The minimum absolute atomic E-state index is 0.0374. The predicted molar refractivity (Wildman–Crippen MR) is 91.3 cm³/mol. The molecule has 0 aliphatic carbocycles. The summed E-state index contributed by atoms with van der Waals surface area (Å²) in [6, 6.07) is 4.32. The van der Waals surface area contributed by atoms with Gasteiger partial charge in [0, 0.05) is 18.3 Å². The molecule has 1 N–H and O–H groups in total. The topological polar surface area (TPSA) is 49.6 Å². The Morgan fingerprint density at radius 3 is 2.73 bits per heavy atom. The molecule has 0 spiro atoms. The number of nitrogens with zero attached hydrogens (tertiary/aromatic N) is 3.